The van der Waals surface area contributed by atoms with E-state index in [2.05, 4.69) is 0 Å². The molecule has 98 valence electrons. The van der Waals surface area contributed by atoms with Gasteiger partial charge in [-0.3, -0.25) is 4.79 Å². The highest BCUT2D eigenvalue weighted by molar-refractivity contribution is 5.83. The average molecular weight is 262 g/mol. The van der Waals surface area contributed by atoms with Crippen molar-refractivity contribution in [2.45, 2.75) is 30.9 Å². The van der Waals surface area contributed by atoms with Gasteiger partial charge in [-0.2, -0.15) is 13.2 Å². The third-order valence-corrected chi connectivity index (χ3v) is 3.43. The third kappa shape index (κ3) is 1.76. The number of carboxylic acid groups (broad SMARTS) is 1. The van der Waals surface area contributed by atoms with Crippen LogP contribution in [-0.4, -0.2) is 11.1 Å². The molecule has 1 aromatic carbocycles. The summed E-state index contributed by atoms with van der Waals surface area (Å²) in [5.41, 5.74) is -3.51. The summed E-state index contributed by atoms with van der Waals surface area (Å²) in [4.78, 5) is 11.2. The van der Waals surface area contributed by atoms with Gasteiger partial charge in [0.1, 0.15) is 5.82 Å². The topological polar surface area (TPSA) is 37.3 Å². The molecule has 0 radical (unpaired) electrons. The number of benzene rings is 1. The lowest BCUT2D eigenvalue weighted by molar-refractivity contribution is -0.150. The van der Waals surface area contributed by atoms with Gasteiger partial charge in [-0.15, -0.1) is 0 Å². The van der Waals surface area contributed by atoms with Gasteiger partial charge in [-0.25, -0.2) is 4.39 Å². The molecule has 0 saturated heterocycles. The predicted molar refractivity (Wildman–Crippen MR) is 54.6 cm³/mol. The molecular weight excluding hydrogens is 252 g/mol. The molecule has 6 heteroatoms. The Morgan fingerprint density at radius 1 is 1.28 bits per heavy atom. The summed E-state index contributed by atoms with van der Waals surface area (Å²) >= 11 is 0. The van der Waals surface area contributed by atoms with Crippen molar-refractivity contribution in [2.24, 2.45) is 0 Å². The van der Waals surface area contributed by atoms with Crippen molar-refractivity contribution < 1.29 is 27.5 Å². The fourth-order valence-electron chi connectivity index (χ4n) is 2.34. The highest BCUT2D eigenvalue weighted by Gasteiger charge is 2.51. The zero-order valence-electron chi connectivity index (χ0n) is 9.22. The second-order valence-corrected chi connectivity index (χ2v) is 4.40. The molecule has 0 aromatic heterocycles. The number of hydrogen-bond acceptors (Lipinski definition) is 1. The van der Waals surface area contributed by atoms with E-state index < -0.39 is 34.5 Å². The summed E-state index contributed by atoms with van der Waals surface area (Å²) in [7, 11) is 0. The molecule has 0 atom stereocenters. The minimum atomic E-state index is -4.89. The first kappa shape index (κ1) is 12.9. The second kappa shape index (κ2) is 3.96. The number of carboxylic acids is 1. The van der Waals surface area contributed by atoms with Crippen molar-refractivity contribution in [2.75, 3.05) is 0 Å². The van der Waals surface area contributed by atoms with Gasteiger partial charge in [0.2, 0.25) is 0 Å². The minimum Gasteiger partial charge on any atom is -0.481 e. The Morgan fingerprint density at radius 2 is 1.89 bits per heavy atom. The first-order chi connectivity index (χ1) is 8.29. The van der Waals surface area contributed by atoms with E-state index in [0.29, 0.717) is 12.5 Å². The molecule has 0 spiro atoms. The van der Waals surface area contributed by atoms with Gasteiger partial charge in [-0.1, -0.05) is 18.6 Å². The summed E-state index contributed by atoms with van der Waals surface area (Å²) in [6.07, 6.45) is -4.15. The summed E-state index contributed by atoms with van der Waals surface area (Å²) in [5.74, 6) is -2.75. The van der Waals surface area contributed by atoms with Crippen molar-refractivity contribution in [3.63, 3.8) is 0 Å². The number of rotatable bonds is 2. The van der Waals surface area contributed by atoms with E-state index in [0.717, 1.165) is 12.1 Å². The zero-order chi connectivity index (χ0) is 13.6. The summed E-state index contributed by atoms with van der Waals surface area (Å²) < 4.78 is 51.9. The van der Waals surface area contributed by atoms with Crippen LogP contribution in [0.2, 0.25) is 0 Å². The Hall–Kier alpha value is -1.59. The Bertz CT molecular complexity index is 489. The van der Waals surface area contributed by atoms with Crippen LogP contribution < -0.4 is 0 Å². The molecule has 1 aliphatic rings. The van der Waals surface area contributed by atoms with Gasteiger partial charge in [0.25, 0.3) is 0 Å². The van der Waals surface area contributed by atoms with Crippen LogP contribution in [0.5, 0.6) is 0 Å². The molecule has 1 fully saturated rings. The maximum absolute atomic E-state index is 13.4. The molecule has 0 heterocycles. The molecule has 1 saturated carbocycles. The summed E-state index contributed by atoms with van der Waals surface area (Å²) in [6, 6.07) is 2.86. The quantitative estimate of drug-likeness (QED) is 0.830. The minimum absolute atomic E-state index is 0.106. The number of aliphatic carboxylic acids is 1. The fourth-order valence-corrected chi connectivity index (χ4v) is 2.34. The van der Waals surface area contributed by atoms with Crippen LogP contribution in [0.3, 0.4) is 0 Å². The van der Waals surface area contributed by atoms with Crippen molar-refractivity contribution in [3.05, 3.63) is 35.1 Å². The Morgan fingerprint density at radius 3 is 2.28 bits per heavy atom. The van der Waals surface area contributed by atoms with Crippen LogP contribution in [0.4, 0.5) is 17.6 Å². The Labute approximate surface area is 100 Å². The highest BCUT2D eigenvalue weighted by atomic mass is 19.4. The van der Waals surface area contributed by atoms with Crippen LogP contribution >= 0.6 is 0 Å². The van der Waals surface area contributed by atoms with E-state index in [4.69, 9.17) is 5.11 Å². The smallest absolute Gasteiger partial charge is 0.419 e. The molecular formula is C12H10F4O2. The molecule has 2 rings (SSSR count). The molecule has 1 aliphatic carbocycles. The van der Waals surface area contributed by atoms with Crippen molar-refractivity contribution in [1.82, 2.24) is 0 Å². The van der Waals surface area contributed by atoms with Gasteiger partial charge in [0, 0.05) is 0 Å². The lowest BCUT2D eigenvalue weighted by Crippen LogP contribution is -2.44. The summed E-state index contributed by atoms with van der Waals surface area (Å²) in [6.45, 7) is 0. The lowest BCUT2D eigenvalue weighted by atomic mass is 9.63. The number of hydrogen-bond donors (Lipinski definition) is 1. The predicted octanol–water partition coefficient (Wildman–Crippen LogP) is 3.35. The zero-order valence-corrected chi connectivity index (χ0v) is 9.22. The molecule has 0 unspecified atom stereocenters. The van der Waals surface area contributed by atoms with Gasteiger partial charge in [-0.05, 0) is 24.5 Å². The highest BCUT2D eigenvalue weighted by Crippen LogP contribution is 2.48. The van der Waals surface area contributed by atoms with Gasteiger partial charge in [0.05, 0.1) is 11.0 Å². The molecule has 0 bridgehead atoms. The SMILES string of the molecule is O=C(O)C1(c2cccc(F)c2C(F)(F)F)CCC1. The van der Waals surface area contributed by atoms with Crippen molar-refractivity contribution in [3.8, 4) is 0 Å². The van der Waals surface area contributed by atoms with E-state index in [1.165, 1.54) is 0 Å². The second-order valence-electron chi connectivity index (χ2n) is 4.40. The van der Waals surface area contributed by atoms with Crippen molar-refractivity contribution >= 4 is 5.97 Å². The lowest BCUT2D eigenvalue weighted by Gasteiger charge is -2.39. The fraction of sp³-hybridized carbons (Fsp3) is 0.417. The van der Waals surface area contributed by atoms with Crippen LogP contribution in [-0.2, 0) is 16.4 Å². The number of carbonyl (C=O) groups is 1. The normalized spacial score (nSPS) is 18.2. The standard InChI is InChI=1S/C12H10F4O2/c13-8-4-1-3-7(9(8)12(14,15)16)11(10(17)18)5-2-6-11/h1,3-4H,2,5-6H2,(H,17,18). The first-order valence-electron chi connectivity index (χ1n) is 5.38. The number of halogens is 4. The van der Waals surface area contributed by atoms with E-state index in [9.17, 15) is 22.4 Å². The largest absolute Gasteiger partial charge is 0.481 e. The van der Waals surface area contributed by atoms with Crippen LogP contribution in [0.15, 0.2) is 18.2 Å². The molecule has 1 aromatic rings. The molecule has 0 amide bonds. The Balaban J connectivity index is 2.65. The van der Waals surface area contributed by atoms with Crippen LogP contribution in [0.25, 0.3) is 0 Å². The maximum Gasteiger partial charge on any atom is 0.419 e. The van der Waals surface area contributed by atoms with E-state index >= 15 is 0 Å². The average Bonchev–Trinajstić information content (AvgIpc) is 2.12. The third-order valence-electron chi connectivity index (χ3n) is 3.43. The van der Waals surface area contributed by atoms with Crippen LogP contribution in [0, 0.1) is 5.82 Å². The first-order valence-corrected chi connectivity index (χ1v) is 5.38. The molecule has 18 heavy (non-hydrogen) atoms. The molecule has 1 N–H and O–H groups in total. The number of alkyl halides is 3. The monoisotopic (exact) mass is 262 g/mol. The van der Waals surface area contributed by atoms with E-state index in [1.807, 2.05) is 0 Å². The van der Waals surface area contributed by atoms with Crippen LogP contribution in [0.1, 0.15) is 30.4 Å². The molecule has 2 nitrogen and oxygen atoms in total. The van der Waals surface area contributed by atoms with Gasteiger partial charge >= 0.3 is 12.1 Å². The van der Waals surface area contributed by atoms with Gasteiger partial charge < -0.3 is 5.11 Å². The van der Waals surface area contributed by atoms with Gasteiger partial charge in [0.15, 0.2) is 0 Å². The molecule has 0 aliphatic heterocycles. The van der Waals surface area contributed by atoms with E-state index in [-0.39, 0.29) is 12.8 Å². The van der Waals surface area contributed by atoms with E-state index in [1.54, 1.807) is 0 Å². The maximum atomic E-state index is 13.4. The van der Waals surface area contributed by atoms with Crippen molar-refractivity contribution in [1.29, 1.82) is 0 Å². The Kier molecular flexibility index (Phi) is 2.83. The summed E-state index contributed by atoms with van der Waals surface area (Å²) in [5, 5.41) is 9.13.